The van der Waals surface area contributed by atoms with Crippen LogP contribution < -0.4 is 5.32 Å². The molecule has 0 aliphatic carbocycles. The van der Waals surface area contributed by atoms with Gasteiger partial charge in [0.25, 0.3) is 5.91 Å². The molecular weight excluding hydrogens is 425 g/mol. The lowest BCUT2D eigenvalue weighted by molar-refractivity contribution is -0.137. The van der Waals surface area contributed by atoms with Gasteiger partial charge in [-0.15, -0.1) is 10.2 Å². The molecule has 2 aromatic rings. The van der Waals surface area contributed by atoms with Gasteiger partial charge in [0.15, 0.2) is 4.34 Å². The molecule has 1 N–H and O–H groups in total. The summed E-state index contributed by atoms with van der Waals surface area (Å²) in [7, 11) is 1.33. The molecule has 0 aliphatic rings. The van der Waals surface area contributed by atoms with E-state index in [2.05, 4.69) is 42.8 Å². The Morgan fingerprint density at radius 2 is 2.05 bits per heavy atom. The lowest BCUT2D eigenvalue weighted by Gasteiger charge is -2.00. The van der Waals surface area contributed by atoms with Crippen LogP contribution in [-0.4, -0.2) is 34.9 Å². The molecule has 0 aliphatic heterocycles. The van der Waals surface area contributed by atoms with Crippen molar-refractivity contribution in [2.75, 3.05) is 18.2 Å². The van der Waals surface area contributed by atoms with E-state index in [9.17, 15) is 9.59 Å². The Balaban J connectivity index is 1.94. The molecule has 21 heavy (non-hydrogen) atoms. The van der Waals surface area contributed by atoms with Gasteiger partial charge in [0.2, 0.25) is 5.13 Å². The van der Waals surface area contributed by atoms with Gasteiger partial charge in [0.05, 0.1) is 12.9 Å². The van der Waals surface area contributed by atoms with Crippen molar-refractivity contribution in [2.24, 2.45) is 0 Å². The van der Waals surface area contributed by atoms with E-state index in [-0.39, 0.29) is 17.6 Å². The first-order valence-electron chi connectivity index (χ1n) is 5.68. The van der Waals surface area contributed by atoms with Gasteiger partial charge in [-0.1, -0.05) is 23.1 Å². The zero-order valence-electron chi connectivity index (χ0n) is 10.8. The molecule has 0 bridgehead atoms. The summed E-state index contributed by atoms with van der Waals surface area (Å²) in [6.07, 6.45) is 0. The number of hydrogen-bond donors (Lipinski definition) is 1. The molecule has 1 heterocycles. The van der Waals surface area contributed by atoms with Crippen LogP contribution in [0.5, 0.6) is 0 Å². The van der Waals surface area contributed by atoms with Crippen molar-refractivity contribution >= 4 is 62.7 Å². The van der Waals surface area contributed by atoms with Crippen LogP contribution in [0.4, 0.5) is 5.13 Å². The number of aromatic nitrogens is 2. The van der Waals surface area contributed by atoms with Crippen molar-refractivity contribution < 1.29 is 14.3 Å². The fraction of sp³-hybridized carbons (Fsp3) is 0.167. The van der Waals surface area contributed by atoms with Gasteiger partial charge in [0.1, 0.15) is 0 Å². The summed E-state index contributed by atoms with van der Waals surface area (Å²) < 4.78 is 6.19. The third-order valence-electron chi connectivity index (χ3n) is 2.27. The largest absolute Gasteiger partial charge is 0.468 e. The summed E-state index contributed by atoms with van der Waals surface area (Å²) in [5.74, 6) is -0.414. The minimum Gasteiger partial charge on any atom is -0.468 e. The molecule has 0 fully saturated rings. The third kappa shape index (κ3) is 4.93. The SMILES string of the molecule is COC(=O)CSc1nnc(NC(=O)c2ccc(I)cc2)s1. The number of carbonyl (C=O) groups excluding carboxylic acids is 2. The summed E-state index contributed by atoms with van der Waals surface area (Å²) in [6, 6.07) is 7.19. The molecular formula is C12H10IN3O3S2. The highest BCUT2D eigenvalue weighted by Crippen LogP contribution is 2.25. The number of thioether (sulfide) groups is 1. The summed E-state index contributed by atoms with van der Waals surface area (Å²) in [5.41, 5.74) is 0.550. The second-order valence-corrected chi connectivity index (χ2v) is 7.14. The van der Waals surface area contributed by atoms with E-state index < -0.39 is 0 Å². The highest BCUT2D eigenvalue weighted by atomic mass is 127. The number of rotatable bonds is 5. The Morgan fingerprint density at radius 1 is 1.33 bits per heavy atom. The standard InChI is InChI=1S/C12H10IN3O3S2/c1-19-9(17)6-20-12-16-15-11(21-12)14-10(18)7-2-4-8(13)5-3-7/h2-5H,6H2,1H3,(H,14,15,18). The number of nitrogens with zero attached hydrogens (tertiary/aromatic N) is 2. The minimum atomic E-state index is -0.334. The number of halogens is 1. The molecule has 9 heteroatoms. The van der Waals surface area contributed by atoms with E-state index in [4.69, 9.17) is 0 Å². The van der Waals surface area contributed by atoms with Crippen LogP contribution in [0.3, 0.4) is 0 Å². The zero-order valence-corrected chi connectivity index (χ0v) is 14.6. The van der Waals surface area contributed by atoms with Crippen LogP contribution in [0, 0.1) is 3.57 Å². The predicted molar refractivity (Wildman–Crippen MR) is 89.8 cm³/mol. The molecule has 0 spiro atoms. The van der Waals surface area contributed by atoms with Crippen molar-refractivity contribution in [3.05, 3.63) is 33.4 Å². The molecule has 0 radical (unpaired) electrons. The quantitative estimate of drug-likeness (QED) is 0.337. The maximum atomic E-state index is 12.0. The van der Waals surface area contributed by atoms with Crippen molar-refractivity contribution in [2.45, 2.75) is 4.34 Å². The summed E-state index contributed by atoms with van der Waals surface area (Å²) >= 11 is 4.60. The normalized spacial score (nSPS) is 10.2. The first-order chi connectivity index (χ1) is 10.1. The third-order valence-corrected chi connectivity index (χ3v) is 4.94. The van der Waals surface area contributed by atoms with E-state index in [1.165, 1.54) is 30.2 Å². The van der Waals surface area contributed by atoms with Crippen molar-refractivity contribution in [1.29, 1.82) is 0 Å². The van der Waals surface area contributed by atoms with Gasteiger partial charge < -0.3 is 4.74 Å². The van der Waals surface area contributed by atoms with Crippen LogP contribution in [0.1, 0.15) is 10.4 Å². The fourth-order valence-corrected chi connectivity index (χ4v) is 3.21. The van der Waals surface area contributed by atoms with Gasteiger partial charge in [-0.2, -0.15) is 0 Å². The Kier molecular flexibility index (Phi) is 5.94. The number of hydrogen-bond acceptors (Lipinski definition) is 7. The molecule has 2 rings (SSSR count). The molecule has 1 amide bonds. The zero-order chi connectivity index (χ0) is 15.2. The second-order valence-electron chi connectivity index (χ2n) is 3.70. The lowest BCUT2D eigenvalue weighted by Crippen LogP contribution is -2.11. The van der Waals surface area contributed by atoms with Crippen LogP contribution in [0.15, 0.2) is 28.6 Å². The highest BCUT2D eigenvalue weighted by molar-refractivity contribution is 14.1. The molecule has 0 saturated carbocycles. The number of ether oxygens (including phenoxy) is 1. The summed E-state index contributed by atoms with van der Waals surface area (Å²) in [5, 5.41) is 10.8. The smallest absolute Gasteiger partial charge is 0.316 e. The van der Waals surface area contributed by atoms with Gasteiger partial charge in [0, 0.05) is 9.13 Å². The summed E-state index contributed by atoms with van der Waals surface area (Å²) in [4.78, 5) is 23.0. The monoisotopic (exact) mass is 435 g/mol. The number of anilines is 1. The molecule has 6 nitrogen and oxygen atoms in total. The van der Waals surface area contributed by atoms with E-state index in [1.54, 1.807) is 12.1 Å². The maximum absolute atomic E-state index is 12.0. The van der Waals surface area contributed by atoms with Crippen LogP contribution >= 0.6 is 45.7 Å². The molecule has 1 aromatic carbocycles. The minimum absolute atomic E-state index is 0.163. The molecule has 0 atom stereocenters. The van der Waals surface area contributed by atoms with E-state index in [1.807, 2.05) is 12.1 Å². The average Bonchev–Trinajstić information content (AvgIpc) is 2.93. The van der Waals surface area contributed by atoms with Crippen LogP contribution in [0.25, 0.3) is 0 Å². The molecule has 1 aromatic heterocycles. The highest BCUT2D eigenvalue weighted by Gasteiger charge is 2.11. The van der Waals surface area contributed by atoms with Gasteiger partial charge >= 0.3 is 5.97 Å². The number of nitrogens with one attached hydrogen (secondary N) is 1. The van der Waals surface area contributed by atoms with E-state index >= 15 is 0 Å². The first-order valence-corrected chi connectivity index (χ1v) is 8.56. The lowest BCUT2D eigenvalue weighted by atomic mass is 10.2. The Bertz CT molecular complexity index is 645. The Hall–Kier alpha value is -1.20. The van der Waals surface area contributed by atoms with Gasteiger partial charge in [-0.3, -0.25) is 14.9 Å². The molecule has 110 valence electrons. The average molecular weight is 435 g/mol. The van der Waals surface area contributed by atoms with Gasteiger partial charge in [-0.05, 0) is 46.9 Å². The van der Waals surface area contributed by atoms with E-state index in [0.29, 0.717) is 15.0 Å². The Morgan fingerprint density at radius 3 is 2.71 bits per heavy atom. The second kappa shape index (κ2) is 7.71. The number of methoxy groups -OCH3 is 1. The van der Waals surface area contributed by atoms with E-state index in [0.717, 1.165) is 3.57 Å². The predicted octanol–water partition coefficient (Wildman–Crippen LogP) is 2.66. The van der Waals surface area contributed by atoms with Crippen molar-refractivity contribution in [3.63, 3.8) is 0 Å². The number of carbonyl (C=O) groups is 2. The van der Waals surface area contributed by atoms with Crippen LogP contribution in [-0.2, 0) is 9.53 Å². The van der Waals surface area contributed by atoms with Crippen molar-refractivity contribution in [3.8, 4) is 0 Å². The Labute approximate surface area is 142 Å². The molecule has 0 saturated heterocycles. The number of esters is 1. The first kappa shape index (κ1) is 16.2. The van der Waals surface area contributed by atoms with Crippen molar-refractivity contribution in [1.82, 2.24) is 10.2 Å². The fourth-order valence-electron chi connectivity index (χ4n) is 1.27. The van der Waals surface area contributed by atoms with Crippen LogP contribution in [0.2, 0.25) is 0 Å². The van der Waals surface area contributed by atoms with Gasteiger partial charge in [-0.25, -0.2) is 0 Å². The molecule has 0 unspecified atom stereocenters. The number of amides is 1. The summed E-state index contributed by atoms with van der Waals surface area (Å²) in [6.45, 7) is 0. The number of benzene rings is 1. The topological polar surface area (TPSA) is 81.2 Å². The maximum Gasteiger partial charge on any atom is 0.316 e.